The van der Waals surface area contributed by atoms with E-state index in [9.17, 15) is 36.5 Å². The minimum atomic E-state index is -6.10. The number of carbonyl (C=O) groups excluding carboxylic acids is 1. The van der Waals surface area contributed by atoms with E-state index in [4.69, 9.17) is 5.73 Å². The smallest absolute Gasteiger partial charge is 0.468 e. The van der Waals surface area contributed by atoms with Crippen LogP contribution in [0.25, 0.3) is 0 Å². The van der Waals surface area contributed by atoms with E-state index in [1.807, 2.05) is 0 Å². The summed E-state index contributed by atoms with van der Waals surface area (Å²) in [5, 5.41) is 10.8. The largest absolute Gasteiger partial charge is 0.534 e. The number of rotatable bonds is 6. The Morgan fingerprint density at radius 2 is 2.00 bits per heavy atom. The fourth-order valence-corrected chi connectivity index (χ4v) is 2.02. The van der Waals surface area contributed by atoms with Gasteiger partial charge in [-0.25, -0.2) is 0 Å². The van der Waals surface area contributed by atoms with Gasteiger partial charge in [0.05, 0.1) is 12.0 Å². The Kier molecular flexibility index (Phi) is 5.73. The first-order chi connectivity index (χ1) is 10.9. The summed E-state index contributed by atoms with van der Waals surface area (Å²) < 4.78 is 67.3. The van der Waals surface area contributed by atoms with Crippen LogP contribution in [0.1, 0.15) is 5.56 Å². The summed E-state index contributed by atoms with van der Waals surface area (Å²) in [5.41, 5.74) is -1.28. The molecule has 0 saturated heterocycles. The van der Waals surface area contributed by atoms with Gasteiger partial charge in [-0.1, -0.05) is 6.07 Å². The van der Waals surface area contributed by atoms with Crippen LogP contribution in [0.15, 0.2) is 18.2 Å². The molecule has 0 bridgehead atoms. The van der Waals surface area contributed by atoms with Crippen molar-refractivity contribution in [3.05, 3.63) is 33.9 Å². The first kappa shape index (κ1) is 19.6. The fraction of sp³-hybridized carbons (Fsp3) is 0.364. The molecule has 0 radical (unpaired) electrons. The number of nitro benzene ring substituents is 1. The molecule has 134 valence electrons. The maximum atomic E-state index is 12.4. The molecule has 0 amide bonds. The number of nitrogens with two attached hydrogens (primary N) is 1. The number of methoxy groups -OCH3 is 1. The van der Waals surface area contributed by atoms with Crippen molar-refractivity contribution < 1.29 is 40.2 Å². The molecule has 24 heavy (non-hydrogen) atoms. The molecule has 1 unspecified atom stereocenters. The summed E-state index contributed by atoms with van der Waals surface area (Å²) in [4.78, 5) is 20.9. The van der Waals surface area contributed by atoms with Crippen molar-refractivity contribution in [2.45, 2.75) is 18.0 Å². The van der Waals surface area contributed by atoms with Gasteiger partial charge in [0.1, 0.15) is 6.04 Å². The summed E-state index contributed by atoms with van der Waals surface area (Å²) in [6, 6.07) is 1.31. The molecule has 0 aliphatic rings. The maximum Gasteiger partial charge on any atom is 0.534 e. The van der Waals surface area contributed by atoms with Crippen LogP contribution in [0.5, 0.6) is 5.75 Å². The van der Waals surface area contributed by atoms with Crippen molar-refractivity contribution >= 4 is 21.8 Å². The van der Waals surface area contributed by atoms with Gasteiger partial charge in [0, 0.05) is 6.07 Å². The molecule has 1 rings (SSSR count). The number of hydrogen-bond acceptors (Lipinski definition) is 8. The van der Waals surface area contributed by atoms with Crippen LogP contribution in [-0.2, 0) is 26.1 Å². The molecule has 1 atom stereocenters. The molecule has 13 heteroatoms. The normalized spacial score (nSPS) is 13.2. The van der Waals surface area contributed by atoms with Crippen LogP contribution in [0.2, 0.25) is 0 Å². The first-order valence-electron chi connectivity index (χ1n) is 6.00. The standard InChI is InChI=1S/C11H11F3N2O7S/c1-22-10(17)7(15)4-6-2-3-8(16(18)19)9(5-6)23-24(20,21)11(12,13)14/h2-3,5,7H,4,15H2,1H3. The summed E-state index contributed by atoms with van der Waals surface area (Å²) >= 11 is 0. The van der Waals surface area contributed by atoms with Crippen LogP contribution in [-0.4, -0.2) is 38.0 Å². The van der Waals surface area contributed by atoms with Crippen LogP contribution >= 0.6 is 0 Å². The van der Waals surface area contributed by atoms with Gasteiger partial charge in [-0.2, -0.15) is 21.6 Å². The fourth-order valence-electron chi connectivity index (χ4n) is 1.56. The highest BCUT2D eigenvalue weighted by Gasteiger charge is 2.49. The zero-order chi connectivity index (χ0) is 18.7. The molecule has 0 aliphatic carbocycles. The average Bonchev–Trinajstić information content (AvgIpc) is 2.44. The predicted molar refractivity (Wildman–Crippen MR) is 72.4 cm³/mol. The predicted octanol–water partition coefficient (Wildman–Crippen LogP) is 0.866. The summed E-state index contributed by atoms with van der Waals surface area (Å²) in [5.74, 6) is -1.98. The molecule has 0 fully saturated rings. The van der Waals surface area contributed by atoms with E-state index < -0.39 is 44.0 Å². The number of hydrogen-bond donors (Lipinski definition) is 1. The number of carbonyl (C=O) groups is 1. The lowest BCUT2D eigenvalue weighted by atomic mass is 10.1. The molecule has 1 aromatic rings. The van der Waals surface area contributed by atoms with Crippen molar-refractivity contribution in [1.82, 2.24) is 0 Å². The lowest BCUT2D eigenvalue weighted by molar-refractivity contribution is -0.385. The van der Waals surface area contributed by atoms with Crippen molar-refractivity contribution in [2.75, 3.05) is 7.11 Å². The van der Waals surface area contributed by atoms with E-state index in [-0.39, 0.29) is 12.0 Å². The van der Waals surface area contributed by atoms with Crippen LogP contribution < -0.4 is 9.92 Å². The van der Waals surface area contributed by atoms with Crippen molar-refractivity contribution in [1.29, 1.82) is 0 Å². The molecule has 9 nitrogen and oxygen atoms in total. The quantitative estimate of drug-likeness (QED) is 0.255. The Morgan fingerprint density at radius 3 is 2.46 bits per heavy atom. The number of nitro groups is 1. The number of alkyl halides is 3. The van der Waals surface area contributed by atoms with Gasteiger partial charge in [-0.15, -0.1) is 0 Å². The lowest BCUT2D eigenvalue weighted by Gasteiger charge is -2.12. The van der Waals surface area contributed by atoms with Crippen molar-refractivity contribution in [3.8, 4) is 5.75 Å². The summed E-state index contributed by atoms with van der Waals surface area (Å²) in [7, 11) is -5.04. The van der Waals surface area contributed by atoms with Gasteiger partial charge in [-0.05, 0) is 18.1 Å². The molecule has 0 heterocycles. The summed E-state index contributed by atoms with van der Waals surface area (Å²) in [6.45, 7) is 0. The lowest BCUT2D eigenvalue weighted by Crippen LogP contribution is -2.33. The van der Waals surface area contributed by atoms with Crippen LogP contribution in [0.3, 0.4) is 0 Å². The Hall–Kier alpha value is -2.41. The van der Waals surface area contributed by atoms with Gasteiger partial charge in [-0.3, -0.25) is 14.9 Å². The highest BCUT2D eigenvalue weighted by atomic mass is 32.2. The molecular formula is C11H11F3N2O7S. The van der Waals surface area contributed by atoms with Gasteiger partial charge in [0.15, 0.2) is 0 Å². The Labute approximate surface area is 133 Å². The SMILES string of the molecule is COC(=O)C(N)Cc1ccc([N+](=O)[O-])c(OS(=O)(=O)C(F)(F)F)c1. The third kappa shape index (κ3) is 4.55. The monoisotopic (exact) mass is 372 g/mol. The van der Waals surface area contributed by atoms with Crippen molar-refractivity contribution in [2.24, 2.45) is 5.73 Å². The molecule has 1 aromatic carbocycles. The van der Waals surface area contributed by atoms with E-state index in [1.165, 1.54) is 0 Å². The number of esters is 1. The summed E-state index contributed by atoms with van der Waals surface area (Å²) in [6.07, 6.45) is -0.271. The number of benzene rings is 1. The van der Waals surface area contributed by atoms with Crippen LogP contribution in [0, 0.1) is 10.1 Å². The third-order valence-corrected chi connectivity index (χ3v) is 3.63. The first-order valence-corrected chi connectivity index (χ1v) is 7.41. The average molecular weight is 372 g/mol. The van der Waals surface area contributed by atoms with E-state index in [0.29, 0.717) is 6.07 Å². The van der Waals surface area contributed by atoms with Gasteiger partial charge in [0.25, 0.3) is 0 Å². The Morgan fingerprint density at radius 1 is 1.42 bits per heavy atom. The molecule has 0 aliphatic heterocycles. The van der Waals surface area contributed by atoms with Crippen LogP contribution in [0.4, 0.5) is 18.9 Å². The van der Waals surface area contributed by atoms with E-state index >= 15 is 0 Å². The zero-order valence-electron chi connectivity index (χ0n) is 11.9. The number of halogens is 3. The van der Waals surface area contributed by atoms with E-state index in [2.05, 4.69) is 8.92 Å². The number of ether oxygens (including phenoxy) is 1. The zero-order valence-corrected chi connectivity index (χ0v) is 12.8. The minimum Gasteiger partial charge on any atom is -0.468 e. The topological polar surface area (TPSA) is 139 Å². The second-order valence-electron chi connectivity index (χ2n) is 4.38. The molecule has 0 spiro atoms. The van der Waals surface area contributed by atoms with Gasteiger partial charge in [0.2, 0.25) is 5.75 Å². The highest BCUT2D eigenvalue weighted by Crippen LogP contribution is 2.33. The molecule has 0 saturated carbocycles. The minimum absolute atomic E-state index is 0.0332. The van der Waals surface area contributed by atoms with Gasteiger partial charge >= 0.3 is 27.3 Å². The molecule has 2 N–H and O–H groups in total. The highest BCUT2D eigenvalue weighted by molar-refractivity contribution is 7.88. The van der Waals surface area contributed by atoms with E-state index in [0.717, 1.165) is 19.2 Å². The van der Waals surface area contributed by atoms with Gasteiger partial charge < -0.3 is 14.7 Å². The second kappa shape index (κ2) is 7.00. The second-order valence-corrected chi connectivity index (χ2v) is 5.91. The van der Waals surface area contributed by atoms with E-state index in [1.54, 1.807) is 0 Å². The molecule has 0 aromatic heterocycles. The maximum absolute atomic E-state index is 12.4. The molecular weight excluding hydrogens is 361 g/mol. The Bertz CT molecular complexity index is 748. The van der Waals surface area contributed by atoms with Crippen molar-refractivity contribution in [3.63, 3.8) is 0 Å². The third-order valence-electron chi connectivity index (χ3n) is 2.66. The number of nitrogens with zero attached hydrogens (tertiary/aromatic N) is 1. The Balaban J connectivity index is 3.24.